The minimum Gasteiger partial charge on any atom is -0.303 e. The third kappa shape index (κ3) is 4.45. The van der Waals surface area contributed by atoms with Crippen LogP contribution in [0.4, 0.5) is 0 Å². The van der Waals surface area contributed by atoms with Gasteiger partial charge >= 0.3 is 0 Å². The molecule has 84 valence electrons. The van der Waals surface area contributed by atoms with Crippen molar-refractivity contribution in [3.63, 3.8) is 0 Å². The molecule has 0 bridgehead atoms. The van der Waals surface area contributed by atoms with E-state index in [1.807, 2.05) is 0 Å². The Morgan fingerprint density at radius 3 is 2.21 bits per heavy atom. The first-order valence-corrected chi connectivity index (χ1v) is 6.30. The second-order valence-electron chi connectivity index (χ2n) is 5.74. The third-order valence-corrected chi connectivity index (χ3v) is 3.20. The van der Waals surface area contributed by atoms with Gasteiger partial charge in [-0.1, -0.05) is 27.7 Å². The van der Waals surface area contributed by atoms with Gasteiger partial charge < -0.3 is 4.90 Å². The molecule has 0 spiro atoms. The smallest absolute Gasteiger partial charge is 0.000724 e. The molecule has 1 rings (SSSR count). The molecule has 1 nitrogen and oxygen atoms in total. The van der Waals surface area contributed by atoms with E-state index in [1.54, 1.807) is 0 Å². The summed E-state index contributed by atoms with van der Waals surface area (Å²) in [4.78, 5) is 2.67. The number of hydrogen-bond donors (Lipinski definition) is 0. The van der Waals surface area contributed by atoms with Gasteiger partial charge in [0.2, 0.25) is 0 Å². The molecule has 1 aliphatic rings. The van der Waals surface area contributed by atoms with E-state index in [1.165, 1.54) is 38.9 Å². The highest BCUT2D eigenvalue weighted by molar-refractivity contribution is 4.74. The molecule has 0 aliphatic carbocycles. The molecule has 0 aromatic rings. The molecule has 1 heteroatoms. The molecule has 0 unspecified atom stereocenters. The lowest BCUT2D eigenvalue weighted by atomic mass is 9.91. The minimum absolute atomic E-state index is 0.870. The molecule has 0 N–H and O–H groups in total. The van der Waals surface area contributed by atoms with Gasteiger partial charge in [-0.2, -0.15) is 0 Å². The molecule has 0 aromatic heterocycles. The predicted octanol–water partition coefficient (Wildman–Crippen LogP) is 3.40. The molecule has 0 amide bonds. The van der Waals surface area contributed by atoms with Gasteiger partial charge in [0.1, 0.15) is 0 Å². The van der Waals surface area contributed by atoms with Gasteiger partial charge in [0.05, 0.1) is 0 Å². The maximum absolute atomic E-state index is 2.67. The number of nitrogens with zero attached hydrogens (tertiary/aromatic N) is 1. The lowest BCUT2D eigenvalue weighted by molar-refractivity contribution is 0.137. The molecule has 1 fully saturated rings. The van der Waals surface area contributed by atoms with Crippen LogP contribution in [0.25, 0.3) is 0 Å². The Kier molecular flexibility index (Phi) is 4.94. The van der Waals surface area contributed by atoms with Crippen LogP contribution < -0.4 is 0 Å². The van der Waals surface area contributed by atoms with Crippen molar-refractivity contribution in [2.45, 2.75) is 47.0 Å². The molecule has 2 atom stereocenters. The van der Waals surface area contributed by atoms with Crippen molar-refractivity contribution < 1.29 is 0 Å². The fourth-order valence-corrected chi connectivity index (χ4v) is 2.70. The van der Waals surface area contributed by atoms with E-state index in [0.717, 1.165) is 17.8 Å². The summed E-state index contributed by atoms with van der Waals surface area (Å²) < 4.78 is 0. The Morgan fingerprint density at radius 1 is 1.14 bits per heavy atom. The van der Waals surface area contributed by atoms with Crippen molar-refractivity contribution in [3.8, 4) is 0 Å². The van der Waals surface area contributed by atoms with E-state index in [9.17, 15) is 0 Å². The van der Waals surface area contributed by atoms with E-state index in [-0.39, 0.29) is 0 Å². The number of hydrogen-bond acceptors (Lipinski definition) is 1. The summed E-state index contributed by atoms with van der Waals surface area (Å²) in [6.45, 7) is 13.4. The van der Waals surface area contributed by atoms with Crippen molar-refractivity contribution in [3.05, 3.63) is 0 Å². The summed E-state index contributed by atoms with van der Waals surface area (Å²) in [5, 5.41) is 0. The Morgan fingerprint density at radius 2 is 1.71 bits per heavy atom. The van der Waals surface area contributed by atoms with Crippen molar-refractivity contribution in [2.75, 3.05) is 19.6 Å². The number of likely N-dealkylation sites (tertiary alicyclic amines) is 1. The van der Waals surface area contributed by atoms with Gasteiger partial charge in [0.15, 0.2) is 0 Å². The average Bonchev–Trinajstić information content (AvgIpc) is 2.01. The first-order chi connectivity index (χ1) is 6.58. The van der Waals surface area contributed by atoms with Crippen LogP contribution in [0.15, 0.2) is 0 Å². The highest BCUT2D eigenvalue weighted by Gasteiger charge is 2.20. The van der Waals surface area contributed by atoms with E-state index in [4.69, 9.17) is 0 Å². The molecule has 1 heterocycles. The van der Waals surface area contributed by atoms with Crippen molar-refractivity contribution >= 4 is 0 Å². The molecule has 14 heavy (non-hydrogen) atoms. The summed E-state index contributed by atoms with van der Waals surface area (Å²) in [6.07, 6.45) is 4.21. The van der Waals surface area contributed by atoms with Gasteiger partial charge in [0.25, 0.3) is 0 Å². The third-order valence-electron chi connectivity index (χ3n) is 3.20. The van der Waals surface area contributed by atoms with E-state index in [2.05, 4.69) is 32.6 Å². The normalized spacial score (nSPS) is 29.8. The Balaban J connectivity index is 2.17. The van der Waals surface area contributed by atoms with Crippen molar-refractivity contribution in [2.24, 2.45) is 17.8 Å². The van der Waals surface area contributed by atoms with Gasteiger partial charge in [-0.15, -0.1) is 0 Å². The number of rotatable bonds is 4. The monoisotopic (exact) mass is 197 g/mol. The fraction of sp³-hybridized carbons (Fsp3) is 1.00. The second kappa shape index (κ2) is 5.75. The summed E-state index contributed by atoms with van der Waals surface area (Å²) in [6, 6.07) is 0. The summed E-state index contributed by atoms with van der Waals surface area (Å²) in [5.74, 6) is 2.70. The quantitative estimate of drug-likeness (QED) is 0.667. The van der Waals surface area contributed by atoms with Gasteiger partial charge in [-0.25, -0.2) is 0 Å². The molecule has 1 saturated heterocycles. The highest BCUT2D eigenvalue weighted by atomic mass is 15.1. The van der Waals surface area contributed by atoms with Crippen LogP contribution in [0, 0.1) is 17.8 Å². The van der Waals surface area contributed by atoms with Crippen LogP contribution >= 0.6 is 0 Å². The first kappa shape index (κ1) is 12.0. The summed E-state index contributed by atoms with van der Waals surface area (Å²) >= 11 is 0. The summed E-state index contributed by atoms with van der Waals surface area (Å²) in [5.41, 5.74) is 0. The van der Waals surface area contributed by atoms with Crippen LogP contribution in [0.3, 0.4) is 0 Å². The maximum Gasteiger partial charge on any atom is 0.000724 e. The molecule has 1 aliphatic heterocycles. The topological polar surface area (TPSA) is 3.24 Å². The molecule has 0 saturated carbocycles. The minimum atomic E-state index is 0.870. The van der Waals surface area contributed by atoms with E-state index >= 15 is 0 Å². The second-order valence-corrected chi connectivity index (χ2v) is 5.74. The summed E-state index contributed by atoms with van der Waals surface area (Å²) in [7, 11) is 0. The Labute approximate surface area is 89.9 Å². The Hall–Kier alpha value is -0.0400. The highest BCUT2D eigenvalue weighted by Crippen LogP contribution is 2.21. The zero-order valence-corrected chi connectivity index (χ0v) is 10.4. The number of piperidine rings is 1. The van der Waals surface area contributed by atoms with Crippen LogP contribution in [0.5, 0.6) is 0 Å². The van der Waals surface area contributed by atoms with Crippen LogP contribution in [-0.2, 0) is 0 Å². The molecular weight excluding hydrogens is 170 g/mol. The van der Waals surface area contributed by atoms with E-state index in [0.29, 0.717) is 0 Å². The fourth-order valence-electron chi connectivity index (χ4n) is 2.70. The lowest BCUT2D eigenvalue weighted by Gasteiger charge is -2.35. The van der Waals surface area contributed by atoms with E-state index < -0.39 is 0 Å². The maximum atomic E-state index is 2.67. The zero-order chi connectivity index (χ0) is 10.6. The lowest BCUT2D eigenvalue weighted by Crippen LogP contribution is -2.39. The largest absolute Gasteiger partial charge is 0.303 e. The standard InChI is InChI=1S/C13H27N/c1-11(2)6-5-7-14-9-12(3)8-13(4)10-14/h11-13H,5-10H2,1-4H3/t12-,13+. The average molecular weight is 197 g/mol. The van der Waals surface area contributed by atoms with Crippen LogP contribution in [0.1, 0.15) is 47.0 Å². The van der Waals surface area contributed by atoms with Crippen molar-refractivity contribution in [1.82, 2.24) is 4.90 Å². The molecular formula is C13H27N. The van der Waals surface area contributed by atoms with Crippen LogP contribution in [0.2, 0.25) is 0 Å². The predicted molar refractivity (Wildman–Crippen MR) is 63.5 cm³/mol. The molecule has 0 aromatic carbocycles. The Bertz CT molecular complexity index is 143. The first-order valence-electron chi connectivity index (χ1n) is 6.30. The SMILES string of the molecule is CC(C)CCCN1C[C@H](C)C[C@H](C)C1. The van der Waals surface area contributed by atoms with Crippen molar-refractivity contribution in [1.29, 1.82) is 0 Å². The van der Waals surface area contributed by atoms with Gasteiger partial charge in [-0.3, -0.25) is 0 Å². The van der Waals surface area contributed by atoms with Gasteiger partial charge in [-0.05, 0) is 43.6 Å². The zero-order valence-electron chi connectivity index (χ0n) is 10.4. The van der Waals surface area contributed by atoms with Crippen LogP contribution in [-0.4, -0.2) is 24.5 Å². The molecule has 0 radical (unpaired) electrons. The van der Waals surface area contributed by atoms with Gasteiger partial charge in [0, 0.05) is 13.1 Å².